The molecule has 1 aliphatic carbocycles. The fourth-order valence-corrected chi connectivity index (χ4v) is 2.65. The van der Waals surface area contributed by atoms with Crippen LogP contribution < -0.4 is 5.73 Å². The van der Waals surface area contributed by atoms with Crippen LogP contribution in [0.1, 0.15) is 27.7 Å². The summed E-state index contributed by atoms with van der Waals surface area (Å²) in [5.41, 5.74) is 6.07. The zero-order valence-electron chi connectivity index (χ0n) is 8.79. The molecule has 3 heteroatoms. The summed E-state index contributed by atoms with van der Waals surface area (Å²) >= 11 is 0. The number of nitrogens with two attached hydrogens (primary N) is 1. The van der Waals surface area contributed by atoms with E-state index in [9.17, 15) is 4.79 Å². The number of carbonyl (C=O) groups is 1. The normalized spacial score (nSPS) is 35.9. The number of nitrogens with zero attached hydrogens (tertiary/aromatic N) is 1. The van der Waals surface area contributed by atoms with Gasteiger partial charge in [-0.05, 0) is 10.8 Å². The highest BCUT2D eigenvalue weighted by atomic mass is 16.2. The quantitative estimate of drug-likeness (QED) is 0.603. The lowest BCUT2D eigenvalue weighted by molar-refractivity contribution is -0.144. The molecule has 1 saturated heterocycles. The van der Waals surface area contributed by atoms with Crippen molar-refractivity contribution in [3.63, 3.8) is 0 Å². The van der Waals surface area contributed by atoms with Gasteiger partial charge in [0.1, 0.15) is 6.04 Å². The highest BCUT2D eigenvalue weighted by Gasteiger charge is 2.69. The van der Waals surface area contributed by atoms with Gasteiger partial charge in [0.05, 0.1) is 0 Å². The maximum absolute atomic E-state index is 11.4. The molecule has 74 valence electrons. The van der Waals surface area contributed by atoms with Crippen LogP contribution in [0.2, 0.25) is 0 Å². The average Bonchev–Trinajstić information content (AvgIpc) is 2.39. The van der Waals surface area contributed by atoms with E-state index in [4.69, 9.17) is 5.73 Å². The van der Waals surface area contributed by atoms with Crippen LogP contribution in [0.25, 0.3) is 0 Å². The molecule has 0 aromatic heterocycles. The van der Waals surface area contributed by atoms with E-state index in [1.54, 1.807) is 0 Å². The molecule has 1 aliphatic heterocycles. The van der Waals surface area contributed by atoms with Crippen molar-refractivity contribution in [2.45, 2.75) is 39.8 Å². The van der Waals surface area contributed by atoms with E-state index in [2.05, 4.69) is 27.7 Å². The standard InChI is InChI=1S/C10H18N2O/c1-9(2)8(10(9,3)4)12-5-6(11)7(12)13/h6,8H,5,11H2,1-4H3. The lowest BCUT2D eigenvalue weighted by Gasteiger charge is -2.38. The van der Waals surface area contributed by atoms with Gasteiger partial charge < -0.3 is 10.6 Å². The Bertz CT molecular complexity index is 256. The Morgan fingerprint density at radius 1 is 1.31 bits per heavy atom. The van der Waals surface area contributed by atoms with Crippen molar-refractivity contribution in [1.82, 2.24) is 4.90 Å². The van der Waals surface area contributed by atoms with Crippen LogP contribution in [-0.4, -0.2) is 29.4 Å². The van der Waals surface area contributed by atoms with Gasteiger partial charge >= 0.3 is 0 Å². The van der Waals surface area contributed by atoms with Crippen molar-refractivity contribution >= 4 is 5.91 Å². The van der Waals surface area contributed by atoms with Crippen molar-refractivity contribution in [3.8, 4) is 0 Å². The summed E-state index contributed by atoms with van der Waals surface area (Å²) in [6.45, 7) is 9.61. The van der Waals surface area contributed by atoms with E-state index in [1.807, 2.05) is 4.90 Å². The second kappa shape index (κ2) is 2.08. The molecular formula is C10H18N2O. The van der Waals surface area contributed by atoms with E-state index in [0.29, 0.717) is 6.04 Å². The van der Waals surface area contributed by atoms with Crippen LogP contribution >= 0.6 is 0 Å². The third-order valence-electron chi connectivity index (χ3n) is 4.25. The molecule has 2 N–H and O–H groups in total. The van der Waals surface area contributed by atoms with Crippen molar-refractivity contribution in [2.24, 2.45) is 16.6 Å². The third-order valence-corrected chi connectivity index (χ3v) is 4.25. The predicted molar refractivity (Wildman–Crippen MR) is 51.0 cm³/mol. The van der Waals surface area contributed by atoms with Crippen LogP contribution in [0.4, 0.5) is 0 Å². The van der Waals surface area contributed by atoms with Gasteiger partial charge in [-0.1, -0.05) is 27.7 Å². The van der Waals surface area contributed by atoms with Crippen LogP contribution in [0.3, 0.4) is 0 Å². The van der Waals surface area contributed by atoms with Crippen LogP contribution in [0.5, 0.6) is 0 Å². The number of amides is 1. The van der Waals surface area contributed by atoms with E-state index >= 15 is 0 Å². The molecule has 0 aromatic rings. The second-order valence-electron chi connectivity index (χ2n) is 5.44. The number of likely N-dealkylation sites (tertiary alicyclic amines) is 1. The zero-order valence-corrected chi connectivity index (χ0v) is 8.79. The average molecular weight is 182 g/mol. The van der Waals surface area contributed by atoms with Gasteiger partial charge in [-0.15, -0.1) is 0 Å². The molecule has 0 radical (unpaired) electrons. The Labute approximate surface area is 79.3 Å². The van der Waals surface area contributed by atoms with E-state index in [-0.39, 0.29) is 22.8 Å². The molecular weight excluding hydrogens is 164 g/mol. The van der Waals surface area contributed by atoms with E-state index < -0.39 is 0 Å². The summed E-state index contributed by atoms with van der Waals surface area (Å²) in [6, 6.07) is 0.166. The molecule has 1 heterocycles. The molecule has 0 spiro atoms. The van der Waals surface area contributed by atoms with Gasteiger partial charge in [-0.2, -0.15) is 0 Å². The molecule has 0 bridgehead atoms. The van der Waals surface area contributed by atoms with Crippen molar-refractivity contribution in [1.29, 1.82) is 0 Å². The monoisotopic (exact) mass is 182 g/mol. The van der Waals surface area contributed by atoms with Crippen LogP contribution in [-0.2, 0) is 4.79 Å². The number of rotatable bonds is 1. The van der Waals surface area contributed by atoms with Crippen molar-refractivity contribution in [2.75, 3.05) is 6.54 Å². The summed E-state index contributed by atoms with van der Waals surface area (Å²) in [4.78, 5) is 13.4. The summed E-state index contributed by atoms with van der Waals surface area (Å²) in [7, 11) is 0. The highest BCUT2D eigenvalue weighted by molar-refractivity contribution is 5.88. The third kappa shape index (κ3) is 0.857. The Kier molecular flexibility index (Phi) is 1.44. The second-order valence-corrected chi connectivity index (χ2v) is 5.44. The fourth-order valence-electron chi connectivity index (χ4n) is 2.65. The predicted octanol–water partition coefficient (Wildman–Crippen LogP) is 0.591. The number of hydrogen-bond acceptors (Lipinski definition) is 2. The van der Waals surface area contributed by atoms with Crippen LogP contribution in [0, 0.1) is 10.8 Å². The number of hydrogen-bond donors (Lipinski definition) is 1. The van der Waals surface area contributed by atoms with Gasteiger partial charge in [-0.25, -0.2) is 0 Å². The lowest BCUT2D eigenvalue weighted by Crippen LogP contribution is -2.62. The molecule has 2 rings (SSSR count). The zero-order chi connectivity index (χ0) is 10.0. The number of carbonyl (C=O) groups excluding carboxylic acids is 1. The first-order chi connectivity index (χ1) is 5.80. The molecule has 1 amide bonds. The van der Waals surface area contributed by atoms with Gasteiger partial charge in [0.2, 0.25) is 5.91 Å². The molecule has 1 atom stereocenters. The Balaban J connectivity index is 2.11. The van der Waals surface area contributed by atoms with E-state index in [1.165, 1.54) is 0 Å². The highest BCUT2D eigenvalue weighted by Crippen LogP contribution is 2.65. The molecule has 2 aliphatic rings. The maximum Gasteiger partial charge on any atom is 0.241 e. The maximum atomic E-state index is 11.4. The molecule has 2 fully saturated rings. The SMILES string of the molecule is CC1(C)C(N2CC(N)C2=O)C1(C)C. The summed E-state index contributed by atoms with van der Waals surface area (Å²) in [5, 5.41) is 0. The van der Waals surface area contributed by atoms with Crippen molar-refractivity contribution < 1.29 is 4.79 Å². The van der Waals surface area contributed by atoms with Gasteiger partial charge in [0.15, 0.2) is 0 Å². The van der Waals surface area contributed by atoms with Gasteiger partial charge in [0.25, 0.3) is 0 Å². The Hall–Kier alpha value is -0.570. The summed E-state index contributed by atoms with van der Waals surface area (Å²) in [5.74, 6) is 0.128. The minimum absolute atomic E-state index is 0.128. The Morgan fingerprint density at radius 2 is 1.77 bits per heavy atom. The topological polar surface area (TPSA) is 46.3 Å². The van der Waals surface area contributed by atoms with E-state index in [0.717, 1.165) is 6.54 Å². The summed E-state index contributed by atoms with van der Waals surface area (Å²) in [6.07, 6.45) is 0. The first-order valence-electron chi connectivity index (χ1n) is 4.86. The van der Waals surface area contributed by atoms with Crippen LogP contribution in [0.15, 0.2) is 0 Å². The first-order valence-corrected chi connectivity index (χ1v) is 4.86. The summed E-state index contributed by atoms with van der Waals surface area (Å²) < 4.78 is 0. The minimum Gasteiger partial charge on any atom is -0.335 e. The Morgan fingerprint density at radius 3 is 2.00 bits per heavy atom. The smallest absolute Gasteiger partial charge is 0.241 e. The molecule has 1 unspecified atom stereocenters. The first kappa shape index (κ1) is 9.00. The molecule has 1 saturated carbocycles. The molecule has 13 heavy (non-hydrogen) atoms. The fraction of sp³-hybridized carbons (Fsp3) is 0.900. The van der Waals surface area contributed by atoms with Gasteiger partial charge in [0, 0.05) is 12.6 Å². The largest absolute Gasteiger partial charge is 0.335 e. The lowest BCUT2D eigenvalue weighted by atomic mass is 10.0. The van der Waals surface area contributed by atoms with Crippen molar-refractivity contribution in [3.05, 3.63) is 0 Å². The molecule has 3 nitrogen and oxygen atoms in total. The van der Waals surface area contributed by atoms with Gasteiger partial charge in [-0.3, -0.25) is 4.79 Å². The number of β-lactam (4-membered cyclic amide) rings is 1. The minimum atomic E-state index is -0.229. The molecule has 0 aromatic carbocycles.